The van der Waals surface area contributed by atoms with Crippen molar-refractivity contribution in [1.29, 1.82) is 0 Å². The van der Waals surface area contributed by atoms with Gasteiger partial charge >= 0.3 is 23.7 Å². The maximum absolute atomic E-state index is 14.1. The number of hydrogen-bond donors (Lipinski definition) is 2. The van der Waals surface area contributed by atoms with Crippen LogP contribution in [0.2, 0.25) is 0 Å². The number of carbonyl (C=O) groups is 7. The van der Waals surface area contributed by atoms with Crippen molar-refractivity contribution in [2.75, 3.05) is 7.11 Å². The van der Waals surface area contributed by atoms with Crippen LogP contribution < -0.4 is 14.8 Å². The van der Waals surface area contributed by atoms with Crippen LogP contribution in [0, 0.1) is 30.6 Å². The molecule has 1 aliphatic carbocycles. The zero-order valence-electron chi connectivity index (χ0n) is 33.3. The van der Waals surface area contributed by atoms with Crippen molar-refractivity contribution in [2.45, 2.75) is 99.4 Å². The first-order valence-corrected chi connectivity index (χ1v) is 18.1. The molecule has 15 heteroatoms. The lowest BCUT2D eigenvalue weighted by molar-refractivity contribution is -0.164. The van der Waals surface area contributed by atoms with Crippen LogP contribution in [0.25, 0.3) is 0 Å². The number of Topliss-reactive ketones (excluding diaryl/α,β-unsaturated/α-hetero) is 2. The molecule has 4 aliphatic rings. The van der Waals surface area contributed by atoms with Crippen molar-refractivity contribution in [3.63, 3.8) is 0 Å². The summed E-state index contributed by atoms with van der Waals surface area (Å²) >= 11 is 0. The average Bonchev–Trinajstić information content (AvgIpc) is 3.38. The van der Waals surface area contributed by atoms with Gasteiger partial charge in [-0.1, -0.05) is 45.9 Å². The smallest absolute Gasteiger partial charge is 0.312 e. The van der Waals surface area contributed by atoms with E-state index in [0.29, 0.717) is 0 Å². The highest BCUT2D eigenvalue weighted by Gasteiger charge is 2.52. The van der Waals surface area contributed by atoms with Gasteiger partial charge in [-0.2, -0.15) is 0 Å². The molecule has 56 heavy (non-hydrogen) atoms. The molecule has 1 aromatic rings. The van der Waals surface area contributed by atoms with Gasteiger partial charge in [0.15, 0.2) is 5.78 Å². The number of fused-ring (bicyclic) bond motifs is 14. The molecular formula is C41H49NO14. The predicted octanol–water partition coefficient (Wildman–Crippen LogP) is 4.42. The van der Waals surface area contributed by atoms with Gasteiger partial charge in [0.1, 0.15) is 23.7 Å². The molecule has 5 bridgehead atoms. The van der Waals surface area contributed by atoms with Gasteiger partial charge < -0.3 is 38.8 Å². The number of aliphatic hydroxyl groups is 1. The van der Waals surface area contributed by atoms with E-state index in [1.165, 1.54) is 53.9 Å². The Morgan fingerprint density at radius 3 is 2.04 bits per heavy atom. The number of ether oxygens (including phenoxy) is 6. The van der Waals surface area contributed by atoms with Crippen molar-refractivity contribution in [1.82, 2.24) is 5.32 Å². The SMILES string of the molecule is CO[C@@H]1C=CO[C@@]2(C)Oc3c(C)c(OC(C)=O)c4c(c3C2=O)C(=O)C=C(NC(=O)C(C)=CC=C[C@H](C)[C@H](OC(C)=O)[C@H](C)[C@H](O)[C@H](C)[C@@H](OC(C)=O)[C@@H]1C)C4=O. The monoisotopic (exact) mass is 779 g/mol. The molecule has 5 rings (SSSR count). The first kappa shape index (κ1) is 43.3. The lowest BCUT2D eigenvalue weighted by Crippen LogP contribution is -2.47. The summed E-state index contributed by atoms with van der Waals surface area (Å²) < 4.78 is 34.5. The van der Waals surface area contributed by atoms with E-state index < -0.39 is 106 Å². The molecule has 15 nitrogen and oxygen atoms in total. The van der Waals surface area contributed by atoms with Crippen LogP contribution in [0.15, 0.2) is 47.9 Å². The van der Waals surface area contributed by atoms with Crippen molar-refractivity contribution >= 4 is 41.2 Å². The summed E-state index contributed by atoms with van der Waals surface area (Å²) in [6, 6.07) is 0. The number of nitrogens with one attached hydrogen (secondary N) is 1. The Morgan fingerprint density at radius 1 is 0.839 bits per heavy atom. The van der Waals surface area contributed by atoms with E-state index in [2.05, 4.69) is 5.32 Å². The van der Waals surface area contributed by atoms with E-state index in [0.717, 1.165) is 19.3 Å². The molecule has 1 amide bonds. The second-order valence-corrected chi connectivity index (χ2v) is 14.5. The molecule has 3 aliphatic heterocycles. The minimum absolute atomic E-state index is 0.0506. The fourth-order valence-electron chi connectivity index (χ4n) is 7.27. The maximum Gasteiger partial charge on any atom is 0.312 e. The zero-order chi connectivity index (χ0) is 42.0. The molecule has 0 unspecified atom stereocenters. The van der Waals surface area contributed by atoms with E-state index in [1.54, 1.807) is 39.8 Å². The van der Waals surface area contributed by atoms with Gasteiger partial charge in [0, 0.05) is 75.7 Å². The summed E-state index contributed by atoms with van der Waals surface area (Å²) in [7, 11) is 1.41. The van der Waals surface area contributed by atoms with Gasteiger partial charge in [0.05, 0.1) is 40.9 Å². The van der Waals surface area contributed by atoms with Gasteiger partial charge in [-0.3, -0.25) is 33.6 Å². The lowest BCUT2D eigenvalue weighted by atomic mass is 9.78. The summed E-state index contributed by atoms with van der Waals surface area (Å²) in [5.74, 6) is -10.5. The third kappa shape index (κ3) is 8.68. The van der Waals surface area contributed by atoms with Gasteiger partial charge in [0.2, 0.25) is 5.78 Å². The Kier molecular flexibility index (Phi) is 13.3. The van der Waals surface area contributed by atoms with Gasteiger partial charge in [0.25, 0.3) is 11.7 Å². The Hall–Kier alpha value is -5.41. The number of rotatable bonds is 4. The molecule has 0 saturated heterocycles. The number of benzene rings is 1. The third-order valence-electron chi connectivity index (χ3n) is 10.3. The van der Waals surface area contributed by atoms with Crippen molar-refractivity contribution in [3.8, 4) is 11.5 Å². The number of allylic oxidation sites excluding steroid dienone is 4. The zero-order valence-corrected chi connectivity index (χ0v) is 33.3. The first-order valence-electron chi connectivity index (χ1n) is 18.1. The van der Waals surface area contributed by atoms with Gasteiger partial charge in [-0.25, -0.2) is 0 Å². The molecular weight excluding hydrogens is 730 g/mol. The molecule has 0 saturated carbocycles. The van der Waals surface area contributed by atoms with Gasteiger partial charge in [-0.05, 0) is 19.9 Å². The molecule has 1 aromatic carbocycles. The van der Waals surface area contributed by atoms with Crippen molar-refractivity contribution < 1.29 is 67.1 Å². The third-order valence-corrected chi connectivity index (χ3v) is 10.3. The topological polar surface area (TPSA) is 207 Å². The van der Waals surface area contributed by atoms with E-state index in [4.69, 9.17) is 28.4 Å². The molecule has 0 aromatic heterocycles. The molecule has 0 radical (unpaired) electrons. The second kappa shape index (κ2) is 17.2. The number of ketones is 3. The molecule has 0 spiro atoms. The lowest BCUT2D eigenvalue weighted by Gasteiger charge is -2.38. The predicted molar refractivity (Wildman–Crippen MR) is 198 cm³/mol. The van der Waals surface area contributed by atoms with Crippen LogP contribution in [-0.2, 0) is 38.1 Å². The molecule has 3 heterocycles. The second-order valence-electron chi connectivity index (χ2n) is 14.5. The van der Waals surface area contributed by atoms with Crippen LogP contribution in [0.5, 0.6) is 11.5 Å². The standard InChI is InChI=1S/C41H49NO14/c1-18-13-12-14-19(2)40(50)42-27-17-28(46)30-31(34(27)48)37(55-26(9)45)23(6)38-32(30)39(49)41(10,56-38)52-16-15-29(51-11)20(3)36(54-25(8)44)22(5)33(47)21(4)35(18)53-24(7)43/h12-18,20-22,29,33,35-36,47H,1-11H3,(H,42,50)/t18-,20+,21+,22-,29+,33-,35-,36-,41-/m0/s1. The van der Waals surface area contributed by atoms with Gasteiger partial charge in [-0.15, -0.1) is 0 Å². The average molecular weight is 780 g/mol. The summed E-state index contributed by atoms with van der Waals surface area (Å²) in [5.41, 5.74) is -1.33. The minimum Gasteiger partial charge on any atom is -0.462 e. The molecule has 2 N–H and O–H groups in total. The Morgan fingerprint density at radius 2 is 1.45 bits per heavy atom. The van der Waals surface area contributed by atoms with Crippen LogP contribution in [0.1, 0.15) is 99.0 Å². The minimum atomic E-state index is -2.09. The van der Waals surface area contributed by atoms with Crippen molar-refractivity contribution in [3.05, 3.63) is 70.2 Å². The summed E-state index contributed by atoms with van der Waals surface area (Å²) in [5, 5.41) is 14.2. The summed E-state index contributed by atoms with van der Waals surface area (Å²) in [6.45, 7) is 14.7. The van der Waals surface area contributed by atoms with E-state index >= 15 is 0 Å². The number of hydrogen-bond acceptors (Lipinski definition) is 14. The first-order chi connectivity index (χ1) is 26.1. The Labute approximate surface area is 325 Å². The maximum atomic E-state index is 14.1. The number of esters is 3. The van der Waals surface area contributed by atoms with Crippen LogP contribution >= 0.6 is 0 Å². The van der Waals surface area contributed by atoms with Crippen molar-refractivity contribution in [2.24, 2.45) is 23.7 Å². The summed E-state index contributed by atoms with van der Waals surface area (Å²) in [4.78, 5) is 92.2. The highest BCUT2D eigenvalue weighted by Crippen LogP contribution is 2.48. The number of methoxy groups -OCH3 is 1. The highest BCUT2D eigenvalue weighted by atomic mass is 16.7. The largest absolute Gasteiger partial charge is 0.462 e. The molecule has 0 fully saturated rings. The quantitative estimate of drug-likeness (QED) is 0.321. The van der Waals surface area contributed by atoms with E-state index in [1.807, 2.05) is 0 Å². The number of aliphatic hydroxyl groups excluding tert-OH is 1. The summed E-state index contributed by atoms with van der Waals surface area (Å²) in [6.07, 6.45) is 4.32. The fraction of sp³-hybridized carbons (Fsp3) is 0.488. The Bertz CT molecular complexity index is 1960. The Balaban J connectivity index is 1.90. The van der Waals surface area contributed by atoms with Crippen LogP contribution in [-0.4, -0.2) is 83.6 Å². The van der Waals surface area contributed by atoms with E-state index in [9.17, 15) is 38.7 Å². The molecule has 302 valence electrons. The number of carbonyl (C=O) groups excluding carboxylic acids is 7. The van der Waals surface area contributed by atoms with Crippen LogP contribution in [0.3, 0.4) is 0 Å². The number of amides is 1. The normalized spacial score (nSPS) is 29.7. The van der Waals surface area contributed by atoms with E-state index in [-0.39, 0.29) is 33.8 Å². The van der Waals surface area contributed by atoms with Crippen LogP contribution in [0.4, 0.5) is 0 Å². The fourth-order valence-corrected chi connectivity index (χ4v) is 7.27. The highest BCUT2D eigenvalue weighted by molar-refractivity contribution is 6.31. The molecule has 9 atom stereocenters.